The number of hydrogen-bond donors (Lipinski definition) is 3. The Morgan fingerprint density at radius 2 is 1.78 bits per heavy atom. The molecule has 2 aromatic carbocycles. The Bertz CT molecular complexity index is 942. The molecular weight excluding hydrogens is 374 g/mol. The van der Waals surface area contributed by atoms with E-state index < -0.39 is 16.0 Å². The van der Waals surface area contributed by atoms with Crippen LogP contribution in [0, 0.1) is 0 Å². The fraction of sp³-hybridized carbons (Fsp3) is 0.176. The summed E-state index contributed by atoms with van der Waals surface area (Å²) >= 11 is 0. The van der Waals surface area contributed by atoms with Gasteiger partial charge in [0, 0.05) is 5.69 Å². The van der Waals surface area contributed by atoms with E-state index in [1.54, 1.807) is 0 Å². The summed E-state index contributed by atoms with van der Waals surface area (Å²) in [6.45, 7) is 0.0237. The number of methoxy groups -OCH3 is 1. The van der Waals surface area contributed by atoms with Crippen molar-refractivity contribution in [1.82, 2.24) is 0 Å². The molecular formula is C17H19N3O6S. The van der Waals surface area contributed by atoms with Gasteiger partial charge in [-0.2, -0.15) is 0 Å². The Labute approximate surface area is 156 Å². The fourth-order valence-corrected chi connectivity index (χ4v) is 2.62. The van der Waals surface area contributed by atoms with E-state index in [9.17, 15) is 18.0 Å². The lowest BCUT2D eigenvalue weighted by Crippen LogP contribution is -2.16. The van der Waals surface area contributed by atoms with Crippen molar-refractivity contribution in [3.63, 3.8) is 0 Å². The predicted molar refractivity (Wildman–Crippen MR) is 98.8 cm³/mol. The van der Waals surface area contributed by atoms with Crippen LogP contribution in [0.15, 0.2) is 47.4 Å². The summed E-state index contributed by atoms with van der Waals surface area (Å²) in [5, 5.41) is 7.61. The summed E-state index contributed by atoms with van der Waals surface area (Å²) < 4.78 is 32.5. The molecule has 144 valence electrons. The first-order chi connectivity index (χ1) is 12.7. The van der Waals surface area contributed by atoms with Crippen molar-refractivity contribution in [2.24, 2.45) is 5.14 Å². The number of carbonyl (C=O) groups excluding carboxylic acids is 2. The van der Waals surface area contributed by atoms with Crippen LogP contribution in [0.2, 0.25) is 0 Å². The number of ether oxygens (including phenoxy) is 2. The van der Waals surface area contributed by atoms with E-state index >= 15 is 0 Å². The number of nitrogen functional groups attached to an aromatic ring is 1. The van der Waals surface area contributed by atoms with Crippen LogP contribution in [0.3, 0.4) is 0 Å². The number of amides is 1. The average molecular weight is 393 g/mol. The number of rotatable bonds is 7. The molecule has 0 saturated carbocycles. The van der Waals surface area contributed by atoms with Crippen molar-refractivity contribution in [3.8, 4) is 5.75 Å². The van der Waals surface area contributed by atoms with E-state index in [4.69, 9.17) is 15.6 Å². The number of hydrogen-bond acceptors (Lipinski definition) is 7. The molecule has 0 radical (unpaired) electrons. The number of sulfonamides is 1. The standard InChI is InChI=1S/C17H19N3O6S/c1-25-17(22)11-2-7-14(18)15(10-11)26-9-8-16(21)20-12-3-5-13(6-4-12)27(19,23)24/h2-7,10H,8-9,18H2,1H3,(H,20,21)(H2,19,23,24). The Morgan fingerprint density at radius 1 is 1.11 bits per heavy atom. The maximum absolute atomic E-state index is 12.0. The molecule has 27 heavy (non-hydrogen) atoms. The quantitative estimate of drug-likeness (QED) is 0.471. The number of benzene rings is 2. The molecule has 0 aliphatic carbocycles. The van der Waals surface area contributed by atoms with Gasteiger partial charge in [-0.05, 0) is 42.5 Å². The topological polar surface area (TPSA) is 151 Å². The molecule has 0 aromatic heterocycles. The van der Waals surface area contributed by atoms with Crippen LogP contribution in [-0.4, -0.2) is 34.0 Å². The molecule has 0 spiro atoms. The second kappa shape index (κ2) is 8.52. The molecule has 0 atom stereocenters. The van der Waals surface area contributed by atoms with Crippen molar-refractivity contribution < 1.29 is 27.5 Å². The minimum Gasteiger partial charge on any atom is -0.491 e. The third-order valence-electron chi connectivity index (χ3n) is 3.49. The highest BCUT2D eigenvalue weighted by atomic mass is 32.2. The molecule has 2 rings (SSSR count). The number of carbonyl (C=O) groups is 2. The predicted octanol–water partition coefficient (Wildman–Crippen LogP) is 1.11. The Morgan fingerprint density at radius 3 is 2.37 bits per heavy atom. The fourth-order valence-electron chi connectivity index (χ4n) is 2.11. The Kier molecular flexibility index (Phi) is 6.37. The van der Waals surface area contributed by atoms with E-state index in [1.165, 1.54) is 49.6 Å². The zero-order chi connectivity index (χ0) is 20.0. The van der Waals surface area contributed by atoms with Gasteiger partial charge in [0.1, 0.15) is 5.75 Å². The van der Waals surface area contributed by atoms with Gasteiger partial charge in [-0.25, -0.2) is 18.4 Å². The summed E-state index contributed by atoms with van der Waals surface area (Å²) in [5.41, 5.74) is 6.80. The zero-order valence-electron chi connectivity index (χ0n) is 14.5. The van der Waals surface area contributed by atoms with Crippen molar-refractivity contribution in [1.29, 1.82) is 0 Å². The van der Waals surface area contributed by atoms with E-state index in [0.717, 1.165) is 0 Å². The maximum Gasteiger partial charge on any atom is 0.337 e. The first-order valence-corrected chi connectivity index (χ1v) is 9.28. The third-order valence-corrected chi connectivity index (χ3v) is 4.42. The van der Waals surface area contributed by atoms with Crippen LogP contribution in [0.4, 0.5) is 11.4 Å². The van der Waals surface area contributed by atoms with E-state index in [0.29, 0.717) is 11.4 Å². The summed E-state index contributed by atoms with van der Waals surface area (Å²) in [5.74, 6) is -0.607. The number of nitrogens with two attached hydrogens (primary N) is 2. The number of primary sulfonamides is 1. The molecule has 1 amide bonds. The highest BCUT2D eigenvalue weighted by Crippen LogP contribution is 2.23. The maximum atomic E-state index is 12.0. The van der Waals surface area contributed by atoms with Gasteiger partial charge in [-0.3, -0.25) is 4.79 Å². The smallest absolute Gasteiger partial charge is 0.337 e. The molecule has 0 unspecified atom stereocenters. The summed E-state index contributed by atoms with van der Waals surface area (Å²) in [7, 11) is -2.52. The molecule has 2 aromatic rings. The molecule has 10 heteroatoms. The van der Waals surface area contributed by atoms with Gasteiger partial charge in [0.25, 0.3) is 0 Å². The van der Waals surface area contributed by atoms with Gasteiger partial charge in [0.2, 0.25) is 15.9 Å². The van der Waals surface area contributed by atoms with Crippen molar-refractivity contribution >= 4 is 33.3 Å². The number of anilines is 2. The largest absolute Gasteiger partial charge is 0.491 e. The van der Waals surface area contributed by atoms with E-state index in [2.05, 4.69) is 10.1 Å². The average Bonchev–Trinajstić information content (AvgIpc) is 2.62. The van der Waals surface area contributed by atoms with Crippen LogP contribution in [0.1, 0.15) is 16.8 Å². The summed E-state index contributed by atoms with van der Waals surface area (Å²) in [4.78, 5) is 23.4. The van der Waals surface area contributed by atoms with Gasteiger partial charge in [-0.1, -0.05) is 0 Å². The number of esters is 1. The summed E-state index contributed by atoms with van der Waals surface area (Å²) in [6.07, 6.45) is 0.0127. The van der Waals surface area contributed by atoms with E-state index in [1.807, 2.05) is 0 Å². The first kappa shape index (κ1) is 20.2. The zero-order valence-corrected chi connectivity index (χ0v) is 15.3. The first-order valence-electron chi connectivity index (χ1n) is 7.74. The highest BCUT2D eigenvalue weighted by Gasteiger charge is 2.11. The molecule has 0 saturated heterocycles. The Balaban J connectivity index is 1.90. The number of nitrogens with one attached hydrogen (secondary N) is 1. The minimum atomic E-state index is -3.79. The van der Waals surface area contributed by atoms with Gasteiger partial charge >= 0.3 is 5.97 Å². The van der Waals surface area contributed by atoms with Crippen LogP contribution in [0.5, 0.6) is 5.75 Å². The van der Waals surface area contributed by atoms with Crippen LogP contribution >= 0.6 is 0 Å². The molecule has 9 nitrogen and oxygen atoms in total. The molecule has 0 aliphatic rings. The molecule has 5 N–H and O–H groups in total. The normalized spacial score (nSPS) is 10.9. The van der Waals surface area contributed by atoms with Crippen molar-refractivity contribution in [3.05, 3.63) is 48.0 Å². The summed E-state index contributed by atoms with van der Waals surface area (Å²) in [6, 6.07) is 9.89. The molecule has 0 aliphatic heterocycles. The second-order valence-electron chi connectivity index (χ2n) is 5.46. The van der Waals surface area contributed by atoms with Crippen LogP contribution < -0.4 is 20.9 Å². The molecule has 0 fully saturated rings. The second-order valence-corrected chi connectivity index (χ2v) is 7.02. The molecule has 0 bridgehead atoms. The molecule has 0 heterocycles. The minimum absolute atomic E-state index is 0.0127. The van der Waals surface area contributed by atoms with Crippen molar-refractivity contribution in [2.45, 2.75) is 11.3 Å². The lowest BCUT2D eigenvalue weighted by molar-refractivity contribution is -0.116. The Hall–Kier alpha value is -3.11. The van der Waals surface area contributed by atoms with Gasteiger partial charge < -0.3 is 20.5 Å². The SMILES string of the molecule is COC(=O)c1ccc(N)c(OCCC(=O)Nc2ccc(S(N)(=O)=O)cc2)c1. The van der Waals surface area contributed by atoms with Crippen LogP contribution in [0.25, 0.3) is 0 Å². The van der Waals surface area contributed by atoms with Gasteiger partial charge in [0.15, 0.2) is 0 Å². The van der Waals surface area contributed by atoms with Crippen LogP contribution in [-0.2, 0) is 19.6 Å². The lowest BCUT2D eigenvalue weighted by Gasteiger charge is -2.10. The lowest BCUT2D eigenvalue weighted by atomic mass is 10.2. The monoisotopic (exact) mass is 393 g/mol. The van der Waals surface area contributed by atoms with E-state index in [-0.39, 0.29) is 35.1 Å². The highest BCUT2D eigenvalue weighted by molar-refractivity contribution is 7.89. The van der Waals surface area contributed by atoms with Gasteiger partial charge in [-0.15, -0.1) is 0 Å². The van der Waals surface area contributed by atoms with Crippen molar-refractivity contribution in [2.75, 3.05) is 24.8 Å². The third kappa shape index (κ3) is 5.69. The van der Waals surface area contributed by atoms with Gasteiger partial charge in [0.05, 0.1) is 36.3 Å².